The summed E-state index contributed by atoms with van der Waals surface area (Å²) in [6.07, 6.45) is 0.486. The van der Waals surface area contributed by atoms with Gasteiger partial charge >= 0.3 is 0 Å². The Morgan fingerprint density at radius 1 is 1.22 bits per heavy atom. The van der Waals surface area contributed by atoms with Crippen LogP contribution in [0.4, 0.5) is 0 Å². The van der Waals surface area contributed by atoms with E-state index in [0.717, 1.165) is 0 Å². The molecule has 7 heteroatoms. The fraction of sp³-hybridized carbons (Fsp3) is 0.550. The second-order valence-electron chi connectivity index (χ2n) is 7.99. The van der Waals surface area contributed by atoms with Crippen molar-refractivity contribution in [1.82, 2.24) is 0 Å². The highest BCUT2D eigenvalue weighted by Crippen LogP contribution is 2.40. The van der Waals surface area contributed by atoms with Gasteiger partial charge < -0.3 is 4.74 Å². The third kappa shape index (κ3) is 3.17. The Balaban J connectivity index is 2.12. The van der Waals surface area contributed by atoms with Crippen molar-refractivity contribution < 1.29 is 27.5 Å². The smallest absolute Gasteiger partial charge is 0.181 e. The van der Waals surface area contributed by atoms with Crippen LogP contribution in [0, 0.1) is 18.3 Å². The zero-order valence-corrected chi connectivity index (χ0v) is 16.8. The van der Waals surface area contributed by atoms with Crippen molar-refractivity contribution in [3.05, 3.63) is 28.8 Å². The Morgan fingerprint density at radius 3 is 2.52 bits per heavy atom. The lowest BCUT2D eigenvalue weighted by molar-refractivity contribution is -0.140. The molecule has 0 spiro atoms. The van der Waals surface area contributed by atoms with Gasteiger partial charge in [0.05, 0.1) is 16.8 Å². The average Bonchev–Trinajstić information content (AvgIpc) is 2.59. The molecule has 0 N–H and O–H groups in total. The van der Waals surface area contributed by atoms with Crippen molar-refractivity contribution in [2.24, 2.45) is 11.3 Å². The van der Waals surface area contributed by atoms with Gasteiger partial charge in [0.25, 0.3) is 0 Å². The van der Waals surface area contributed by atoms with Gasteiger partial charge in [0.15, 0.2) is 27.2 Å². The molecular weight excluding hydrogens is 368 g/mol. The molecule has 0 amide bonds. The van der Waals surface area contributed by atoms with E-state index in [9.17, 15) is 22.8 Å². The Hall–Kier alpha value is -1.86. The summed E-state index contributed by atoms with van der Waals surface area (Å²) in [4.78, 5) is 38.4. The zero-order chi connectivity index (χ0) is 20.1. The number of carbonyl (C=O) groups excluding carboxylic acids is 3. The molecule has 6 nitrogen and oxygen atoms in total. The van der Waals surface area contributed by atoms with E-state index >= 15 is 0 Å². The quantitative estimate of drug-likeness (QED) is 0.580. The average molecular weight is 392 g/mol. The number of benzene rings is 1. The van der Waals surface area contributed by atoms with E-state index < -0.39 is 33.1 Å². The van der Waals surface area contributed by atoms with Crippen molar-refractivity contribution in [3.8, 4) is 0 Å². The van der Waals surface area contributed by atoms with Crippen LogP contribution in [0.3, 0.4) is 0 Å². The van der Waals surface area contributed by atoms with Gasteiger partial charge in [-0.1, -0.05) is 13.8 Å². The normalized spacial score (nSPS) is 26.5. The Morgan fingerprint density at radius 2 is 1.89 bits per heavy atom. The molecule has 2 atom stereocenters. The zero-order valence-electron chi connectivity index (χ0n) is 16.0. The third-order valence-corrected chi connectivity index (χ3v) is 7.64. The SMILES string of the molecule is COC1CCS(=O)(=O)c2ccc(C(=O)C3C(=O)CCC(C)(C)C3=O)c(C)c21. The van der Waals surface area contributed by atoms with Crippen LogP contribution in [0.1, 0.15) is 60.7 Å². The van der Waals surface area contributed by atoms with E-state index in [1.54, 1.807) is 20.8 Å². The Bertz CT molecular complexity index is 941. The highest BCUT2D eigenvalue weighted by molar-refractivity contribution is 7.91. The fourth-order valence-electron chi connectivity index (χ4n) is 4.06. The molecule has 1 aliphatic carbocycles. The topological polar surface area (TPSA) is 94.6 Å². The number of ether oxygens (including phenoxy) is 1. The first-order valence-electron chi connectivity index (χ1n) is 9.01. The summed E-state index contributed by atoms with van der Waals surface area (Å²) in [6.45, 7) is 5.15. The van der Waals surface area contributed by atoms with E-state index in [4.69, 9.17) is 4.74 Å². The maximum absolute atomic E-state index is 13.1. The lowest BCUT2D eigenvalue weighted by Gasteiger charge is -2.32. The van der Waals surface area contributed by atoms with Gasteiger partial charge in [-0.25, -0.2) is 8.42 Å². The maximum atomic E-state index is 13.1. The molecule has 1 aromatic rings. The highest BCUT2D eigenvalue weighted by atomic mass is 32.2. The number of hydrogen-bond donors (Lipinski definition) is 0. The van der Waals surface area contributed by atoms with Crippen LogP contribution in [-0.4, -0.2) is 38.6 Å². The van der Waals surface area contributed by atoms with E-state index in [1.165, 1.54) is 19.2 Å². The Kier molecular flexibility index (Phi) is 4.89. The lowest BCUT2D eigenvalue weighted by atomic mass is 9.68. The molecule has 0 aromatic heterocycles. The minimum atomic E-state index is -3.44. The lowest BCUT2D eigenvalue weighted by Crippen LogP contribution is -2.45. The van der Waals surface area contributed by atoms with Gasteiger partial charge in [-0.15, -0.1) is 0 Å². The van der Waals surface area contributed by atoms with Crippen LogP contribution in [0.25, 0.3) is 0 Å². The largest absolute Gasteiger partial charge is 0.377 e. The number of hydrogen-bond acceptors (Lipinski definition) is 6. The number of sulfone groups is 1. The maximum Gasteiger partial charge on any atom is 0.181 e. The summed E-state index contributed by atoms with van der Waals surface area (Å²) in [7, 11) is -1.94. The van der Waals surface area contributed by atoms with Crippen molar-refractivity contribution in [2.45, 2.75) is 51.0 Å². The summed E-state index contributed by atoms with van der Waals surface area (Å²) >= 11 is 0. The molecule has 3 rings (SSSR count). The molecule has 2 aliphatic rings. The molecule has 2 unspecified atom stereocenters. The molecule has 1 fully saturated rings. The summed E-state index contributed by atoms with van der Waals surface area (Å²) in [5.41, 5.74) is 0.424. The summed E-state index contributed by atoms with van der Waals surface area (Å²) in [6, 6.07) is 2.83. The van der Waals surface area contributed by atoms with Crippen LogP contribution in [0.2, 0.25) is 0 Å². The minimum absolute atomic E-state index is 0.0149. The molecule has 146 valence electrons. The summed E-state index contributed by atoms with van der Waals surface area (Å²) in [5.74, 6) is -2.60. The predicted molar refractivity (Wildman–Crippen MR) is 98.4 cm³/mol. The van der Waals surface area contributed by atoms with Crippen LogP contribution < -0.4 is 0 Å². The highest BCUT2D eigenvalue weighted by Gasteiger charge is 2.46. The molecule has 0 radical (unpaired) electrons. The first-order valence-corrected chi connectivity index (χ1v) is 10.7. The third-order valence-electron chi connectivity index (χ3n) is 5.84. The van der Waals surface area contributed by atoms with Gasteiger partial charge in [0.1, 0.15) is 5.92 Å². The van der Waals surface area contributed by atoms with Crippen molar-refractivity contribution in [2.75, 3.05) is 12.9 Å². The molecule has 0 saturated heterocycles. The molecule has 27 heavy (non-hydrogen) atoms. The van der Waals surface area contributed by atoms with Crippen LogP contribution in [0.5, 0.6) is 0 Å². The minimum Gasteiger partial charge on any atom is -0.377 e. The monoisotopic (exact) mass is 392 g/mol. The van der Waals surface area contributed by atoms with E-state index in [1.807, 2.05) is 0 Å². The number of carbonyl (C=O) groups is 3. The van der Waals surface area contributed by atoms with E-state index in [2.05, 4.69) is 0 Å². The Labute approximate surface area is 159 Å². The standard InChI is InChI=1S/C20H24O6S/c1-11-12(18(22)17-13(21)7-9-20(2,3)19(17)23)5-6-15-16(11)14(26-4)8-10-27(15,24)25/h5-6,14,17H,7-10H2,1-4H3. The molecule has 1 aliphatic heterocycles. The van der Waals surface area contributed by atoms with Crippen LogP contribution in [-0.2, 0) is 24.2 Å². The molecule has 1 saturated carbocycles. The van der Waals surface area contributed by atoms with Gasteiger partial charge in [-0.2, -0.15) is 0 Å². The predicted octanol–water partition coefficient (Wildman–Crippen LogP) is 2.62. The van der Waals surface area contributed by atoms with Crippen molar-refractivity contribution in [3.63, 3.8) is 0 Å². The van der Waals surface area contributed by atoms with Gasteiger partial charge in [0, 0.05) is 30.1 Å². The van der Waals surface area contributed by atoms with Gasteiger partial charge in [0.2, 0.25) is 0 Å². The first-order chi connectivity index (χ1) is 12.5. The fourth-order valence-corrected chi connectivity index (χ4v) is 5.69. The van der Waals surface area contributed by atoms with Gasteiger partial charge in [-0.05, 0) is 37.5 Å². The summed E-state index contributed by atoms with van der Waals surface area (Å²) in [5, 5.41) is 0. The molecule has 0 bridgehead atoms. The number of methoxy groups -OCH3 is 1. The molecule has 1 heterocycles. The van der Waals surface area contributed by atoms with Crippen LogP contribution >= 0.6 is 0 Å². The first kappa shape index (κ1) is 19.9. The van der Waals surface area contributed by atoms with Crippen molar-refractivity contribution in [1.29, 1.82) is 0 Å². The van der Waals surface area contributed by atoms with E-state index in [-0.39, 0.29) is 34.2 Å². The summed E-state index contributed by atoms with van der Waals surface area (Å²) < 4.78 is 30.3. The number of rotatable bonds is 3. The number of ketones is 3. The number of fused-ring (bicyclic) bond motifs is 1. The van der Waals surface area contributed by atoms with Crippen LogP contribution in [0.15, 0.2) is 17.0 Å². The molecular formula is C20H24O6S. The number of Topliss-reactive ketones (excluding diaryl/α,β-unsaturated/α-hetero) is 3. The van der Waals surface area contributed by atoms with Crippen molar-refractivity contribution >= 4 is 27.2 Å². The second-order valence-corrected chi connectivity index (χ2v) is 10.1. The second kappa shape index (κ2) is 6.63. The molecule has 1 aromatic carbocycles. The van der Waals surface area contributed by atoms with E-state index in [0.29, 0.717) is 24.0 Å². The van der Waals surface area contributed by atoms with Gasteiger partial charge in [-0.3, -0.25) is 14.4 Å².